The van der Waals surface area contributed by atoms with Gasteiger partial charge in [-0.05, 0) is 77.0 Å². The minimum Gasteiger partial charge on any atom is -0.550 e. The Morgan fingerprint density at radius 1 is 0.227 bits per heavy atom. The zero-order valence-electron chi connectivity index (χ0n) is 25.6. The second kappa shape index (κ2) is 41.1. The van der Waals surface area contributed by atoms with Crippen LogP contribution >= 0.6 is 0 Å². The first-order chi connectivity index (χ1) is 19.9. The van der Waals surface area contributed by atoms with Crippen molar-refractivity contribution < 1.29 is 98.4 Å². The van der Waals surface area contributed by atoms with Crippen molar-refractivity contribution in [1.82, 2.24) is 0 Å². The van der Waals surface area contributed by atoms with E-state index in [1.807, 2.05) is 0 Å². The Kier molecular flexibility index (Phi) is 48.2. The molecule has 0 N–H and O–H groups in total. The van der Waals surface area contributed by atoms with Crippen LogP contribution in [0, 0.1) is 0 Å². The maximum Gasteiger partial charge on any atom is 3.00 e. The Morgan fingerprint density at radius 3 is 0.409 bits per heavy atom. The molecule has 0 saturated heterocycles. The van der Waals surface area contributed by atoms with Gasteiger partial charge < -0.3 is 59.4 Å². The van der Waals surface area contributed by atoms with Gasteiger partial charge in [-0.25, -0.2) is 0 Å². The zero-order chi connectivity index (χ0) is 32.4. The molecule has 0 aliphatic carbocycles. The van der Waals surface area contributed by atoms with E-state index in [2.05, 4.69) is 0 Å². The summed E-state index contributed by atoms with van der Waals surface area (Å²) < 4.78 is 0. The molecule has 0 aliphatic heterocycles. The second-order valence-electron chi connectivity index (χ2n) is 10.1. The molecular formula is C30H48O12Ru2. The number of unbranched alkanes of at least 4 members (excludes halogenated alkanes) is 15. The Bertz CT molecular complexity index is 578. The van der Waals surface area contributed by atoms with E-state index in [0.717, 1.165) is 77.0 Å². The normalized spacial score (nSPS) is 9.55. The first-order valence-electron chi connectivity index (χ1n) is 15.1. The number of rotatable bonds is 27. The fraction of sp³-hybridized carbons (Fsp3) is 0.800. The number of aliphatic carboxylic acids is 6. The summed E-state index contributed by atoms with van der Waals surface area (Å²) in [6, 6.07) is 0. The monoisotopic (exact) mass is 804 g/mol. The van der Waals surface area contributed by atoms with E-state index in [-0.39, 0.29) is 77.5 Å². The van der Waals surface area contributed by atoms with Gasteiger partial charge in [-0.2, -0.15) is 0 Å². The summed E-state index contributed by atoms with van der Waals surface area (Å²) in [5, 5.41) is 60.2. The molecule has 2 radical (unpaired) electrons. The van der Waals surface area contributed by atoms with E-state index in [0.29, 0.717) is 38.5 Å². The smallest absolute Gasteiger partial charge is 0.550 e. The van der Waals surface area contributed by atoms with E-state index < -0.39 is 35.8 Å². The third-order valence-electron chi connectivity index (χ3n) is 6.04. The molecule has 0 aromatic rings. The maximum absolute atomic E-state index is 10.0. The minimum atomic E-state index is -0.998. The predicted octanol–water partition coefficient (Wildman–Crippen LogP) is -1.18. The Balaban J connectivity index is -0.000000169. The van der Waals surface area contributed by atoms with Crippen LogP contribution in [0.25, 0.3) is 0 Å². The number of hydrogen-bond donors (Lipinski definition) is 0. The fourth-order valence-corrected chi connectivity index (χ4v) is 3.74. The number of hydrogen-bond acceptors (Lipinski definition) is 12. The van der Waals surface area contributed by atoms with Gasteiger partial charge in [0, 0.05) is 35.8 Å². The van der Waals surface area contributed by atoms with Gasteiger partial charge in [0.25, 0.3) is 0 Å². The van der Waals surface area contributed by atoms with E-state index in [4.69, 9.17) is 0 Å². The summed E-state index contributed by atoms with van der Waals surface area (Å²) in [6.45, 7) is 0. The van der Waals surface area contributed by atoms with Gasteiger partial charge in [0.05, 0.1) is 0 Å². The fourth-order valence-electron chi connectivity index (χ4n) is 3.74. The van der Waals surface area contributed by atoms with E-state index in [1.54, 1.807) is 0 Å². The SMILES string of the molecule is O=C([O-])CCCCCCCCC(=O)[O-].O=C([O-])CCCCCCCCC(=O)[O-].O=C([O-])CCCCCCCCC(=O)[O-].[Ru+3].[Ru+3]. The molecule has 0 unspecified atom stereocenters. The van der Waals surface area contributed by atoms with Crippen molar-refractivity contribution in [3.05, 3.63) is 0 Å². The third-order valence-corrected chi connectivity index (χ3v) is 6.04. The van der Waals surface area contributed by atoms with Gasteiger partial charge in [0.15, 0.2) is 0 Å². The molecule has 0 saturated carbocycles. The van der Waals surface area contributed by atoms with Crippen molar-refractivity contribution in [1.29, 1.82) is 0 Å². The van der Waals surface area contributed by atoms with Crippen LogP contribution in [-0.2, 0) is 67.7 Å². The van der Waals surface area contributed by atoms with Gasteiger partial charge in [-0.1, -0.05) is 77.0 Å². The standard InChI is InChI=1S/3C10H18O4.2Ru/c3*11-9(12)7-5-3-1-2-4-6-8-10(13)14;;/h3*1-8H2,(H,11,12)(H,13,14);;/q;;;2*+3/p-6. The van der Waals surface area contributed by atoms with E-state index >= 15 is 0 Å². The van der Waals surface area contributed by atoms with Gasteiger partial charge in [-0.3, -0.25) is 0 Å². The molecule has 0 aliphatic rings. The molecule has 12 nitrogen and oxygen atoms in total. The summed E-state index contributed by atoms with van der Waals surface area (Å²) in [6.07, 6.45) is 15.7. The molecule has 0 bridgehead atoms. The molecule has 0 atom stereocenters. The van der Waals surface area contributed by atoms with Crippen molar-refractivity contribution in [3.8, 4) is 0 Å². The van der Waals surface area contributed by atoms with Crippen LogP contribution in [0.2, 0.25) is 0 Å². The average Bonchev–Trinajstić information content (AvgIpc) is 2.88. The second-order valence-corrected chi connectivity index (χ2v) is 10.1. The number of carboxylic acid groups (broad SMARTS) is 6. The predicted molar refractivity (Wildman–Crippen MR) is 141 cm³/mol. The van der Waals surface area contributed by atoms with Crippen molar-refractivity contribution in [2.75, 3.05) is 0 Å². The van der Waals surface area contributed by atoms with E-state index in [1.165, 1.54) is 0 Å². The van der Waals surface area contributed by atoms with E-state index in [9.17, 15) is 59.4 Å². The van der Waals surface area contributed by atoms with Crippen LogP contribution in [-0.4, -0.2) is 35.8 Å². The van der Waals surface area contributed by atoms with Crippen LogP contribution < -0.4 is 30.6 Å². The Morgan fingerprint density at radius 2 is 0.318 bits per heavy atom. The number of carbonyl (C=O) groups is 6. The molecule has 0 aromatic heterocycles. The molecule has 0 amide bonds. The molecule has 44 heavy (non-hydrogen) atoms. The minimum absolute atomic E-state index is 0. The Labute approximate surface area is 287 Å². The Hall–Kier alpha value is -1.93. The molecule has 14 heteroatoms. The van der Waals surface area contributed by atoms with Crippen LogP contribution in [0.1, 0.15) is 154 Å². The number of carbonyl (C=O) groups excluding carboxylic acids is 6. The summed E-state index contributed by atoms with van der Waals surface area (Å²) in [5.41, 5.74) is 0. The van der Waals surface area contributed by atoms with Crippen molar-refractivity contribution >= 4 is 35.8 Å². The summed E-state index contributed by atoms with van der Waals surface area (Å²) >= 11 is 0. The van der Waals surface area contributed by atoms with Crippen LogP contribution in [0.5, 0.6) is 0 Å². The maximum atomic E-state index is 10.0. The van der Waals surface area contributed by atoms with Gasteiger partial charge in [0.1, 0.15) is 0 Å². The van der Waals surface area contributed by atoms with Gasteiger partial charge in [-0.15, -0.1) is 0 Å². The van der Waals surface area contributed by atoms with Gasteiger partial charge >= 0.3 is 39.0 Å². The summed E-state index contributed by atoms with van der Waals surface area (Å²) in [4.78, 5) is 60.2. The molecule has 0 rings (SSSR count). The van der Waals surface area contributed by atoms with Crippen LogP contribution in [0.4, 0.5) is 0 Å². The molecule has 0 aromatic carbocycles. The number of carboxylic acids is 6. The third kappa shape index (κ3) is 63.4. The van der Waals surface area contributed by atoms with Gasteiger partial charge in [0.2, 0.25) is 0 Å². The molecule has 0 fully saturated rings. The topological polar surface area (TPSA) is 241 Å². The van der Waals surface area contributed by atoms with Crippen molar-refractivity contribution in [2.45, 2.75) is 154 Å². The molecule has 256 valence electrons. The summed E-state index contributed by atoms with van der Waals surface area (Å²) in [5.74, 6) is -5.99. The average molecular weight is 803 g/mol. The quantitative estimate of drug-likeness (QED) is 0.0704. The largest absolute Gasteiger partial charge is 3.00 e. The van der Waals surface area contributed by atoms with Crippen LogP contribution in [0.15, 0.2) is 0 Å². The van der Waals surface area contributed by atoms with Crippen molar-refractivity contribution in [3.63, 3.8) is 0 Å². The zero-order valence-corrected chi connectivity index (χ0v) is 29.1. The first-order valence-corrected chi connectivity index (χ1v) is 15.1. The van der Waals surface area contributed by atoms with Crippen molar-refractivity contribution in [2.24, 2.45) is 0 Å². The molecule has 0 spiro atoms. The van der Waals surface area contributed by atoms with Crippen LogP contribution in [0.3, 0.4) is 0 Å². The summed E-state index contributed by atoms with van der Waals surface area (Å²) in [7, 11) is 0. The first kappa shape index (κ1) is 51.6. The molecule has 0 heterocycles. The molecular weight excluding hydrogens is 754 g/mol.